The van der Waals surface area contributed by atoms with Gasteiger partial charge in [-0.15, -0.1) is 0 Å². The smallest absolute Gasteiger partial charge is 0.0375 e. The van der Waals surface area contributed by atoms with E-state index in [0.717, 1.165) is 6.54 Å². The molecular formula is C26H29N. The third-order valence-corrected chi connectivity index (χ3v) is 5.84. The minimum absolute atomic E-state index is 0.264. The molecule has 3 aromatic rings. The van der Waals surface area contributed by atoms with E-state index in [4.69, 9.17) is 0 Å². The number of anilines is 1. The molecule has 4 rings (SSSR count). The Morgan fingerprint density at radius 1 is 0.778 bits per heavy atom. The molecule has 0 radical (unpaired) electrons. The first kappa shape index (κ1) is 17.9. The summed E-state index contributed by atoms with van der Waals surface area (Å²) in [6.45, 7) is 8.16. The lowest BCUT2D eigenvalue weighted by molar-refractivity contribution is 0.305. The molecule has 138 valence electrons. The van der Waals surface area contributed by atoms with E-state index < -0.39 is 0 Å². The Morgan fingerprint density at radius 3 is 1.93 bits per heavy atom. The second-order valence-electron chi connectivity index (χ2n) is 8.74. The van der Waals surface area contributed by atoms with Crippen LogP contribution in [0.5, 0.6) is 0 Å². The van der Waals surface area contributed by atoms with E-state index >= 15 is 0 Å². The summed E-state index contributed by atoms with van der Waals surface area (Å²) in [5, 5.41) is 3.61. The maximum absolute atomic E-state index is 3.61. The van der Waals surface area contributed by atoms with Crippen molar-refractivity contribution in [3.05, 3.63) is 101 Å². The molecule has 0 saturated carbocycles. The van der Waals surface area contributed by atoms with Crippen LogP contribution in [0.25, 0.3) is 0 Å². The predicted molar refractivity (Wildman–Crippen MR) is 116 cm³/mol. The third kappa shape index (κ3) is 3.64. The van der Waals surface area contributed by atoms with Crippen molar-refractivity contribution in [2.75, 3.05) is 11.9 Å². The molecule has 3 aromatic carbocycles. The summed E-state index contributed by atoms with van der Waals surface area (Å²) >= 11 is 0. The van der Waals surface area contributed by atoms with Gasteiger partial charge in [0, 0.05) is 18.2 Å². The van der Waals surface area contributed by atoms with Gasteiger partial charge in [0.05, 0.1) is 0 Å². The number of hydrogen-bond donors (Lipinski definition) is 1. The molecule has 0 fully saturated rings. The highest BCUT2D eigenvalue weighted by atomic mass is 14.9. The van der Waals surface area contributed by atoms with Gasteiger partial charge in [-0.3, -0.25) is 0 Å². The Kier molecular flexibility index (Phi) is 4.78. The van der Waals surface area contributed by atoms with Crippen LogP contribution >= 0.6 is 0 Å². The zero-order chi connectivity index (χ0) is 18.9. The van der Waals surface area contributed by atoms with Crippen LogP contribution in [0.1, 0.15) is 61.3 Å². The Bertz CT molecular complexity index is 851. The van der Waals surface area contributed by atoms with Crippen molar-refractivity contribution in [3.63, 3.8) is 0 Å². The molecule has 1 heteroatoms. The van der Waals surface area contributed by atoms with Crippen molar-refractivity contribution in [1.82, 2.24) is 0 Å². The van der Waals surface area contributed by atoms with Crippen LogP contribution in [-0.2, 0) is 0 Å². The summed E-state index contributed by atoms with van der Waals surface area (Å²) in [4.78, 5) is 0. The Labute approximate surface area is 163 Å². The zero-order valence-corrected chi connectivity index (χ0v) is 16.6. The zero-order valence-electron chi connectivity index (χ0n) is 16.6. The van der Waals surface area contributed by atoms with Crippen molar-refractivity contribution in [1.29, 1.82) is 0 Å². The summed E-state index contributed by atoms with van der Waals surface area (Å²) in [6.07, 6.45) is 1.20. The second kappa shape index (κ2) is 7.23. The van der Waals surface area contributed by atoms with Gasteiger partial charge in [-0.25, -0.2) is 0 Å². The van der Waals surface area contributed by atoms with Gasteiger partial charge in [0.1, 0.15) is 0 Å². The molecular weight excluding hydrogens is 326 g/mol. The second-order valence-corrected chi connectivity index (χ2v) is 8.74. The molecule has 1 atom stereocenters. The van der Waals surface area contributed by atoms with Crippen molar-refractivity contribution in [2.45, 2.75) is 39.0 Å². The predicted octanol–water partition coefficient (Wildman–Crippen LogP) is 6.81. The van der Waals surface area contributed by atoms with Gasteiger partial charge in [0.15, 0.2) is 0 Å². The molecule has 0 saturated heterocycles. The minimum Gasteiger partial charge on any atom is -0.385 e. The maximum Gasteiger partial charge on any atom is 0.0375 e. The summed E-state index contributed by atoms with van der Waals surface area (Å²) in [6, 6.07) is 28.8. The van der Waals surface area contributed by atoms with Crippen molar-refractivity contribution >= 4 is 5.69 Å². The molecule has 1 aliphatic heterocycles. The molecule has 1 heterocycles. The summed E-state index contributed by atoms with van der Waals surface area (Å²) < 4.78 is 0. The fraction of sp³-hybridized carbons (Fsp3) is 0.308. The van der Waals surface area contributed by atoms with Crippen LogP contribution in [-0.4, -0.2) is 6.54 Å². The van der Waals surface area contributed by atoms with Gasteiger partial charge in [-0.05, 0) is 46.1 Å². The highest BCUT2D eigenvalue weighted by Gasteiger charge is 2.31. The van der Waals surface area contributed by atoms with Gasteiger partial charge >= 0.3 is 0 Å². The Balaban J connectivity index is 1.84. The first-order valence-corrected chi connectivity index (χ1v) is 10.0. The molecule has 1 unspecified atom stereocenters. The van der Waals surface area contributed by atoms with E-state index in [1.54, 1.807) is 0 Å². The van der Waals surface area contributed by atoms with E-state index in [0.29, 0.717) is 5.92 Å². The quantitative estimate of drug-likeness (QED) is 0.509. The lowest BCUT2D eigenvalue weighted by Crippen LogP contribution is -2.26. The van der Waals surface area contributed by atoms with Gasteiger partial charge in [-0.2, -0.15) is 0 Å². The minimum atomic E-state index is 0.264. The molecule has 27 heavy (non-hydrogen) atoms. The van der Waals surface area contributed by atoms with Crippen LogP contribution in [0.4, 0.5) is 5.69 Å². The van der Waals surface area contributed by atoms with Crippen LogP contribution in [0.3, 0.4) is 0 Å². The highest BCUT2D eigenvalue weighted by molar-refractivity contribution is 5.59. The fourth-order valence-corrected chi connectivity index (χ4v) is 4.48. The summed E-state index contributed by atoms with van der Waals surface area (Å²) in [5.41, 5.74) is 7.13. The van der Waals surface area contributed by atoms with E-state index in [1.165, 1.54) is 34.4 Å². The highest BCUT2D eigenvalue weighted by Crippen LogP contribution is 2.45. The van der Waals surface area contributed by atoms with Gasteiger partial charge < -0.3 is 5.32 Å². The molecule has 0 bridgehead atoms. The maximum atomic E-state index is 3.61. The molecule has 1 nitrogen and oxygen atoms in total. The monoisotopic (exact) mass is 355 g/mol. The molecule has 1 N–H and O–H groups in total. The lowest BCUT2D eigenvalue weighted by Gasteiger charge is -2.37. The van der Waals surface area contributed by atoms with Crippen LogP contribution < -0.4 is 5.32 Å². The summed E-state index contributed by atoms with van der Waals surface area (Å²) in [7, 11) is 0. The molecule has 0 spiro atoms. The number of benzene rings is 3. The number of nitrogens with one attached hydrogen (secondary N) is 1. The van der Waals surface area contributed by atoms with Crippen molar-refractivity contribution < 1.29 is 0 Å². The van der Waals surface area contributed by atoms with Crippen LogP contribution in [0.15, 0.2) is 78.9 Å². The largest absolute Gasteiger partial charge is 0.385 e. The van der Waals surface area contributed by atoms with Gasteiger partial charge in [0.2, 0.25) is 0 Å². The van der Waals surface area contributed by atoms with Gasteiger partial charge in [0.25, 0.3) is 0 Å². The van der Waals surface area contributed by atoms with E-state index in [2.05, 4.69) is 105 Å². The molecule has 0 amide bonds. The summed E-state index contributed by atoms with van der Waals surface area (Å²) in [5.74, 6) is 0.848. The van der Waals surface area contributed by atoms with Crippen molar-refractivity contribution in [3.8, 4) is 0 Å². The number of rotatable bonds is 3. The average molecular weight is 356 g/mol. The Morgan fingerprint density at radius 2 is 1.37 bits per heavy atom. The molecule has 0 aromatic heterocycles. The van der Waals surface area contributed by atoms with E-state index in [-0.39, 0.29) is 11.3 Å². The van der Waals surface area contributed by atoms with Crippen LogP contribution in [0.2, 0.25) is 0 Å². The molecule has 1 aliphatic rings. The van der Waals surface area contributed by atoms with E-state index in [1.807, 2.05) is 0 Å². The normalized spacial score (nSPS) is 16.7. The first-order chi connectivity index (χ1) is 13.0. The fourth-order valence-electron chi connectivity index (χ4n) is 4.48. The lowest BCUT2D eigenvalue weighted by atomic mass is 9.71. The van der Waals surface area contributed by atoms with E-state index in [9.17, 15) is 0 Å². The SMILES string of the molecule is CC(C)(C)C1CCNc2ccc(C(c3ccccc3)c3ccccc3)cc21. The van der Waals surface area contributed by atoms with Crippen LogP contribution in [0, 0.1) is 5.41 Å². The first-order valence-electron chi connectivity index (χ1n) is 10.0. The Hall–Kier alpha value is -2.54. The van der Waals surface area contributed by atoms with Crippen molar-refractivity contribution in [2.24, 2.45) is 5.41 Å². The third-order valence-electron chi connectivity index (χ3n) is 5.84. The number of hydrogen-bond acceptors (Lipinski definition) is 1. The number of fused-ring (bicyclic) bond motifs is 1. The average Bonchev–Trinajstić information content (AvgIpc) is 2.68. The topological polar surface area (TPSA) is 12.0 Å². The van der Waals surface area contributed by atoms with Gasteiger partial charge in [-0.1, -0.05) is 93.6 Å². The molecule has 0 aliphatic carbocycles. The standard InChI is InChI=1S/C26H29N/c1-26(2,3)23-16-17-27-24-15-14-21(18-22(23)24)25(19-10-6-4-7-11-19)20-12-8-5-9-13-20/h4-15,18,23,25,27H,16-17H2,1-3H3.